The van der Waals surface area contributed by atoms with Gasteiger partial charge in [-0.05, 0) is 52.2 Å². The van der Waals surface area contributed by atoms with Gasteiger partial charge < -0.3 is 20.3 Å². The van der Waals surface area contributed by atoms with Crippen molar-refractivity contribution in [1.82, 2.24) is 15.5 Å². The summed E-state index contributed by atoms with van der Waals surface area (Å²) in [6, 6.07) is 3.86. The summed E-state index contributed by atoms with van der Waals surface area (Å²) < 4.78 is 20.1. The number of amides is 4. The molecule has 2 fully saturated rings. The van der Waals surface area contributed by atoms with E-state index in [-0.39, 0.29) is 37.2 Å². The molecule has 10 heteroatoms. The number of fused-ring (bicyclic) bond motifs is 1. The van der Waals surface area contributed by atoms with Crippen LogP contribution in [0.25, 0.3) is 0 Å². The second kappa shape index (κ2) is 9.23. The normalized spacial score (nSPS) is 27.2. The van der Waals surface area contributed by atoms with Crippen LogP contribution in [0.3, 0.4) is 0 Å². The molecule has 0 aromatic heterocycles. The van der Waals surface area contributed by atoms with Crippen molar-refractivity contribution in [1.29, 1.82) is 0 Å². The van der Waals surface area contributed by atoms with Crippen LogP contribution in [0.15, 0.2) is 18.2 Å². The van der Waals surface area contributed by atoms with Crippen molar-refractivity contribution < 1.29 is 28.3 Å². The van der Waals surface area contributed by atoms with Crippen LogP contribution in [0.1, 0.15) is 68.8 Å². The van der Waals surface area contributed by atoms with Gasteiger partial charge in [0.15, 0.2) is 0 Å². The van der Waals surface area contributed by atoms with Gasteiger partial charge in [0.25, 0.3) is 5.91 Å². The first kappa shape index (κ1) is 24.0. The molecule has 1 unspecified atom stereocenters. The first-order chi connectivity index (χ1) is 16.0. The molecular weight excluding hydrogens is 443 g/mol. The molecule has 1 aromatic carbocycles. The number of alkyl carbamates (subject to hydrolysis) is 1. The van der Waals surface area contributed by atoms with E-state index >= 15 is 0 Å². The van der Waals surface area contributed by atoms with Crippen LogP contribution in [0, 0.1) is 0 Å². The highest BCUT2D eigenvalue weighted by molar-refractivity contribution is 6.06. The Morgan fingerprint density at radius 1 is 1.18 bits per heavy atom. The average Bonchev–Trinajstić information content (AvgIpc) is 3.06. The van der Waals surface area contributed by atoms with E-state index in [4.69, 9.17) is 4.74 Å². The maximum atomic E-state index is 14.9. The molecule has 1 aliphatic carbocycles. The summed E-state index contributed by atoms with van der Waals surface area (Å²) in [5.74, 6) is -1.03. The number of imide groups is 1. The topological polar surface area (TPSA) is 117 Å². The number of carbonyl (C=O) groups excluding carboxylic acids is 4. The zero-order valence-electron chi connectivity index (χ0n) is 19.7. The lowest BCUT2D eigenvalue weighted by Crippen LogP contribution is -2.52. The summed E-state index contributed by atoms with van der Waals surface area (Å²) in [7, 11) is 0. The molecule has 2 heterocycles. The molecule has 4 atom stereocenters. The predicted octanol–water partition coefficient (Wildman–Crippen LogP) is 2.64. The molecule has 4 amide bonds. The van der Waals surface area contributed by atoms with E-state index in [2.05, 4.69) is 16.0 Å². The monoisotopic (exact) mass is 474 g/mol. The first-order valence-corrected chi connectivity index (χ1v) is 11.7. The van der Waals surface area contributed by atoms with Crippen molar-refractivity contribution in [2.75, 3.05) is 5.32 Å². The minimum atomic E-state index is -1.24. The fourth-order valence-electron chi connectivity index (χ4n) is 4.81. The minimum Gasteiger partial charge on any atom is -0.444 e. The van der Waals surface area contributed by atoms with Crippen molar-refractivity contribution in [2.24, 2.45) is 0 Å². The van der Waals surface area contributed by atoms with Crippen LogP contribution in [0.4, 0.5) is 14.9 Å². The van der Waals surface area contributed by atoms with Gasteiger partial charge in [-0.1, -0.05) is 6.07 Å². The van der Waals surface area contributed by atoms with Crippen LogP contribution in [-0.2, 0) is 20.9 Å². The summed E-state index contributed by atoms with van der Waals surface area (Å²) >= 11 is 0. The number of ether oxygens (including phenoxy) is 1. The molecule has 1 aromatic rings. The standard InChI is InChI=1S/C24H31FN4O5/c1-24(2,3)34-23(33)27-18-8-7-13(11-16(18)25)26-17-6-4-5-14-15(17)12-29(22(14)32)19-9-10-20(30)28-21(19)31/h4-6,13,16,18-19,26H,7-12H2,1-3H3,(H,27,33)(H,28,30,31)/t13-,16-,18-,19?/m1/s1. The fourth-order valence-corrected chi connectivity index (χ4v) is 4.81. The highest BCUT2D eigenvalue weighted by Crippen LogP contribution is 2.34. The molecule has 34 heavy (non-hydrogen) atoms. The molecular formula is C24H31FN4O5. The Labute approximate surface area is 197 Å². The van der Waals surface area contributed by atoms with Crippen LogP contribution in [0.5, 0.6) is 0 Å². The number of carbonyl (C=O) groups is 4. The van der Waals surface area contributed by atoms with E-state index in [9.17, 15) is 23.6 Å². The van der Waals surface area contributed by atoms with Gasteiger partial charge in [-0.25, -0.2) is 9.18 Å². The van der Waals surface area contributed by atoms with E-state index < -0.39 is 35.9 Å². The molecule has 0 radical (unpaired) electrons. The largest absolute Gasteiger partial charge is 0.444 e. The number of nitrogens with zero attached hydrogens (tertiary/aromatic N) is 1. The number of benzene rings is 1. The van der Waals surface area contributed by atoms with Gasteiger partial charge in [0, 0.05) is 42.2 Å². The number of rotatable bonds is 4. The van der Waals surface area contributed by atoms with Crippen molar-refractivity contribution in [3.8, 4) is 0 Å². The molecule has 3 N–H and O–H groups in total. The van der Waals surface area contributed by atoms with Gasteiger partial charge in [-0.15, -0.1) is 0 Å². The number of hydrogen-bond acceptors (Lipinski definition) is 6. The second-order valence-electron chi connectivity index (χ2n) is 10.2. The molecule has 1 saturated carbocycles. The summed E-state index contributed by atoms with van der Waals surface area (Å²) in [6.07, 6.45) is -0.0823. The number of alkyl halides is 1. The Bertz CT molecular complexity index is 1010. The first-order valence-electron chi connectivity index (χ1n) is 11.7. The number of nitrogens with one attached hydrogen (secondary N) is 3. The van der Waals surface area contributed by atoms with Gasteiger partial charge in [0.1, 0.15) is 17.8 Å². The van der Waals surface area contributed by atoms with Crippen molar-refractivity contribution in [2.45, 2.75) is 89.3 Å². The van der Waals surface area contributed by atoms with Gasteiger partial charge in [0.05, 0.1) is 6.04 Å². The van der Waals surface area contributed by atoms with Crippen LogP contribution >= 0.6 is 0 Å². The highest BCUT2D eigenvalue weighted by Gasteiger charge is 2.40. The zero-order valence-corrected chi connectivity index (χ0v) is 19.7. The third-order valence-corrected chi connectivity index (χ3v) is 6.42. The third-order valence-electron chi connectivity index (χ3n) is 6.42. The van der Waals surface area contributed by atoms with Crippen LogP contribution in [-0.4, -0.2) is 58.6 Å². The van der Waals surface area contributed by atoms with Gasteiger partial charge in [0.2, 0.25) is 11.8 Å². The van der Waals surface area contributed by atoms with E-state index in [1.807, 2.05) is 6.07 Å². The van der Waals surface area contributed by atoms with E-state index in [0.29, 0.717) is 24.8 Å². The Morgan fingerprint density at radius 2 is 1.94 bits per heavy atom. The Kier molecular flexibility index (Phi) is 6.51. The maximum absolute atomic E-state index is 14.9. The molecule has 0 bridgehead atoms. The SMILES string of the molecule is CC(C)(C)OC(=O)N[C@@H]1CC[C@@H](Nc2cccc3c2CN(C2CCC(=O)NC2=O)C3=O)C[C@H]1F. The van der Waals surface area contributed by atoms with Crippen LogP contribution in [0.2, 0.25) is 0 Å². The van der Waals surface area contributed by atoms with Crippen molar-refractivity contribution >= 4 is 29.5 Å². The Balaban J connectivity index is 1.39. The molecule has 9 nitrogen and oxygen atoms in total. The number of hydrogen-bond donors (Lipinski definition) is 3. The lowest BCUT2D eigenvalue weighted by atomic mass is 9.89. The van der Waals surface area contributed by atoms with Crippen molar-refractivity contribution in [3.05, 3.63) is 29.3 Å². The molecule has 184 valence electrons. The lowest BCUT2D eigenvalue weighted by Gasteiger charge is -2.34. The third kappa shape index (κ3) is 5.15. The van der Waals surface area contributed by atoms with Gasteiger partial charge in [-0.3, -0.25) is 19.7 Å². The molecule has 3 aliphatic rings. The average molecular weight is 475 g/mol. The quantitative estimate of drug-likeness (QED) is 0.578. The molecule has 4 rings (SSSR count). The summed E-state index contributed by atoms with van der Waals surface area (Å²) in [5, 5.41) is 8.30. The second-order valence-corrected chi connectivity index (χ2v) is 10.2. The van der Waals surface area contributed by atoms with E-state index in [0.717, 1.165) is 11.3 Å². The van der Waals surface area contributed by atoms with E-state index in [1.165, 1.54) is 4.90 Å². The predicted molar refractivity (Wildman–Crippen MR) is 122 cm³/mol. The molecule has 1 saturated heterocycles. The molecule has 0 spiro atoms. The number of piperidine rings is 1. The Morgan fingerprint density at radius 3 is 2.62 bits per heavy atom. The van der Waals surface area contributed by atoms with E-state index in [1.54, 1.807) is 32.9 Å². The van der Waals surface area contributed by atoms with Gasteiger partial charge in [-0.2, -0.15) is 0 Å². The highest BCUT2D eigenvalue weighted by atomic mass is 19.1. The maximum Gasteiger partial charge on any atom is 0.407 e. The lowest BCUT2D eigenvalue weighted by molar-refractivity contribution is -0.136. The number of halogens is 1. The van der Waals surface area contributed by atoms with Gasteiger partial charge >= 0.3 is 6.09 Å². The molecule has 2 aliphatic heterocycles. The minimum absolute atomic E-state index is 0.169. The summed E-state index contributed by atoms with van der Waals surface area (Å²) in [5.41, 5.74) is 1.35. The summed E-state index contributed by atoms with van der Waals surface area (Å²) in [6.45, 7) is 5.51. The smallest absolute Gasteiger partial charge is 0.407 e. The van der Waals surface area contributed by atoms with Crippen LogP contribution < -0.4 is 16.0 Å². The fraction of sp³-hybridized carbons (Fsp3) is 0.583. The Hall–Kier alpha value is -3.17. The number of anilines is 1. The van der Waals surface area contributed by atoms with Crippen molar-refractivity contribution in [3.63, 3.8) is 0 Å². The zero-order chi connectivity index (χ0) is 24.6. The summed E-state index contributed by atoms with van der Waals surface area (Å²) in [4.78, 5) is 50.3.